The van der Waals surface area contributed by atoms with E-state index in [2.05, 4.69) is 63.4 Å². The van der Waals surface area contributed by atoms with E-state index in [9.17, 15) is 0 Å². The second-order valence-corrected chi connectivity index (χ2v) is 6.80. The van der Waals surface area contributed by atoms with E-state index >= 15 is 0 Å². The molecule has 0 amide bonds. The molecule has 0 bridgehead atoms. The summed E-state index contributed by atoms with van der Waals surface area (Å²) in [4.78, 5) is 13.7. The van der Waals surface area contributed by atoms with Crippen molar-refractivity contribution in [3.05, 3.63) is 23.9 Å². The predicted molar refractivity (Wildman–Crippen MR) is 106 cm³/mol. The highest BCUT2D eigenvalue weighted by atomic mass is 15.3. The minimum absolute atomic E-state index is 0.697. The fourth-order valence-corrected chi connectivity index (χ4v) is 2.97. The number of nitrogens with zero attached hydrogens (tertiary/aromatic N) is 4. The van der Waals surface area contributed by atoms with Crippen LogP contribution in [-0.4, -0.2) is 62.7 Å². The first-order valence-electron chi connectivity index (χ1n) is 9.49. The number of piperazine rings is 1. The summed E-state index contributed by atoms with van der Waals surface area (Å²) in [5.74, 6) is 2.63. The van der Waals surface area contributed by atoms with Gasteiger partial charge in [-0.05, 0) is 24.6 Å². The Bertz CT molecular complexity index is 515. The molecule has 1 aromatic heterocycles. The lowest BCUT2D eigenvalue weighted by atomic mass is 10.0. The zero-order valence-electron chi connectivity index (χ0n) is 16.3. The van der Waals surface area contributed by atoms with Crippen molar-refractivity contribution in [2.45, 2.75) is 33.2 Å². The maximum Gasteiger partial charge on any atom is 0.191 e. The lowest BCUT2D eigenvalue weighted by Crippen LogP contribution is -2.44. The molecule has 1 aliphatic heterocycles. The quantitative estimate of drug-likeness (QED) is 0.584. The highest BCUT2D eigenvalue weighted by Gasteiger charge is 2.14. The van der Waals surface area contributed by atoms with Gasteiger partial charge in [0, 0.05) is 52.5 Å². The summed E-state index contributed by atoms with van der Waals surface area (Å²) in [5, 5.41) is 6.79. The number of nitrogens with one attached hydrogen (secondary N) is 2. The van der Waals surface area contributed by atoms with E-state index in [4.69, 9.17) is 0 Å². The second-order valence-electron chi connectivity index (χ2n) is 6.80. The van der Waals surface area contributed by atoms with E-state index in [1.54, 1.807) is 0 Å². The first-order valence-corrected chi connectivity index (χ1v) is 9.49. The number of rotatable bonds is 7. The van der Waals surface area contributed by atoms with Crippen LogP contribution in [0, 0.1) is 5.92 Å². The molecule has 1 fully saturated rings. The van der Waals surface area contributed by atoms with Gasteiger partial charge in [0.2, 0.25) is 0 Å². The van der Waals surface area contributed by atoms with Crippen LogP contribution >= 0.6 is 0 Å². The van der Waals surface area contributed by atoms with Crippen molar-refractivity contribution in [1.82, 2.24) is 20.5 Å². The maximum atomic E-state index is 4.64. The number of guanidine groups is 1. The normalized spacial score (nSPS) is 16.4. The number of aromatic nitrogens is 1. The Balaban J connectivity index is 1.80. The van der Waals surface area contributed by atoms with E-state index in [1.165, 1.54) is 18.4 Å². The predicted octanol–water partition coefficient (Wildman–Crippen LogP) is 1.93. The molecular formula is C19H34N6. The molecule has 0 radical (unpaired) electrons. The first-order chi connectivity index (χ1) is 12.2. The van der Waals surface area contributed by atoms with Crippen LogP contribution in [-0.2, 0) is 6.54 Å². The molecule has 0 atom stereocenters. The zero-order chi connectivity index (χ0) is 18.1. The molecule has 1 aliphatic rings. The Hall–Kier alpha value is -1.82. The van der Waals surface area contributed by atoms with Gasteiger partial charge in [0.25, 0.3) is 0 Å². The summed E-state index contributed by atoms with van der Waals surface area (Å²) in [7, 11) is 3.99. The van der Waals surface area contributed by atoms with Gasteiger partial charge in [-0.2, -0.15) is 0 Å². The van der Waals surface area contributed by atoms with E-state index in [1.807, 2.05) is 13.2 Å². The van der Waals surface area contributed by atoms with Gasteiger partial charge >= 0.3 is 0 Å². The monoisotopic (exact) mass is 346 g/mol. The molecule has 1 saturated heterocycles. The van der Waals surface area contributed by atoms with Crippen molar-refractivity contribution in [2.75, 3.05) is 51.7 Å². The first kappa shape index (κ1) is 19.5. The maximum absolute atomic E-state index is 4.64. The number of likely N-dealkylation sites (N-methyl/N-ethyl adjacent to an activating group) is 1. The highest BCUT2D eigenvalue weighted by molar-refractivity contribution is 5.79. The highest BCUT2D eigenvalue weighted by Crippen LogP contribution is 2.13. The van der Waals surface area contributed by atoms with Crippen molar-refractivity contribution < 1.29 is 0 Å². The van der Waals surface area contributed by atoms with E-state index in [-0.39, 0.29) is 0 Å². The van der Waals surface area contributed by atoms with Crippen LogP contribution in [0.5, 0.6) is 0 Å². The smallest absolute Gasteiger partial charge is 0.191 e. The van der Waals surface area contributed by atoms with Crippen LogP contribution in [0.1, 0.15) is 32.3 Å². The Morgan fingerprint density at radius 1 is 1.16 bits per heavy atom. The molecule has 140 valence electrons. The average Bonchev–Trinajstić information content (AvgIpc) is 2.66. The molecule has 2 heterocycles. The minimum atomic E-state index is 0.697. The summed E-state index contributed by atoms with van der Waals surface area (Å²) >= 11 is 0. The van der Waals surface area contributed by atoms with Crippen molar-refractivity contribution in [3.63, 3.8) is 0 Å². The Morgan fingerprint density at radius 2 is 1.88 bits per heavy atom. The second kappa shape index (κ2) is 10.2. The SMILES string of the molecule is CCC(CC)CNC(=NC)NCc1ccc(N2CCN(C)CC2)nc1. The minimum Gasteiger partial charge on any atom is -0.356 e. The standard InChI is InChI=1S/C19H34N6/c1-5-16(6-2)13-22-19(20-3)23-15-17-7-8-18(21-14-17)25-11-9-24(4)10-12-25/h7-8,14,16H,5-6,9-13,15H2,1-4H3,(H2,20,22,23). The fraction of sp³-hybridized carbons (Fsp3) is 0.684. The summed E-state index contributed by atoms with van der Waals surface area (Å²) in [6.45, 7) is 10.5. The van der Waals surface area contributed by atoms with Crippen LogP contribution in [0.25, 0.3) is 0 Å². The Morgan fingerprint density at radius 3 is 2.44 bits per heavy atom. The molecule has 0 aromatic carbocycles. The van der Waals surface area contributed by atoms with E-state index < -0.39 is 0 Å². The number of hydrogen-bond acceptors (Lipinski definition) is 4. The molecule has 6 nitrogen and oxygen atoms in total. The molecule has 0 unspecified atom stereocenters. The molecular weight excluding hydrogens is 312 g/mol. The van der Waals surface area contributed by atoms with Gasteiger partial charge in [-0.15, -0.1) is 0 Å². The van der Waals surface area contributed by atoms with Crippen molar-refractivity contribution in [1.29, 1.82) is 0 Å². The molecule has 25 heavy (non-hydrogen) atoms. The number of anilines is 1. The van der Waals surface area contributed by atoms with Crippen LogP contribution in [0.4, 0.5) is 5.82 Å². The Labute approximate surface area is 152 Å². The number of aliphatic imine (C=N–C) groups is 1. The van der Waals surface area contributed by atoms with E-state index in [0.717, 1.165) is 51.0 Å². The van der Waals surface area contributed by atoms with Gasteiger partial charge < -0.3 is 20.4 Å². The fourth-order valence-electron chi connectivity index (χ4n) is 2.97. The average molecular weight is 347 g/mol. The summed E-state index contributed by atoms with van der Waals surface area (Å²) in [6.07, 6.45) is 4.35. The molecule has 0 aliphatic carbocycles. The summed E-state index contributed by atoms with van der Waals surface area (Å²) < 4.78 is 0. The largest absolute Gasteiger partial charge is 0.356 e. The van der Waals surface area contributed by atoms with E-state index in [0.29, 0.717) is 5.92 Å². The molecule has 1 aromatic rings. The van der Waals surface area contributed by atoms with Gasteiger partial charge in [0.1, 0.15) is 5.82 Å². The molecule has 6 heteroatoms. The zero-order valence-corrected chi connectivity index (χ0v) is 16.3. The topological polar surface area (TPSA) is 55.8 Å². The molecule has 0 saturated carbocycles. The number of pyridine rings is 1. The summed E-state index contributed by atoms with van der Waals surface area (Å²) in [6, 6.07) is 4.28. The van der Waals surface area contributed by atoms with Crippen molar-refractivity contribution in [3.8, 4) is 0 Å². The van der Waals surface area contributed by atoms with Gasteiger partial charge in [-0.3, -0.25) is 4.99 Å². The lowest BCUT2D eigenvalue weighted by molar-refractivity contribution is 0.312. The third kappa shape index (κ3) is 6.20. The van der Waals surface area contributed by atoms with Gasteiger partial charge in [-0.1, -0.05) is 32.8 Å². The third-order valence-electron chi connectivity index (χ3n) is 5.03. The van der Waals surface area contributed by atoms with Crippen LogP contribution < -0.4 is 15.5 Å². The third-order valence-corrected chi connectivity index (χ3v) is 5.03. The van der Waals surface area contributed by atoms with Crippen molar-refractivity contribution in [2.24, 2.45) is 10.9 Å². The number of hydrogen-bond donors (Lipinski definition) is 2. The van der Waals surface area contributed by atoms with Crippen LogP contribution in [0.3, 0.4) is 0 Å². The van der Waals surface area contributed by atoms with Gasteiger partial charge in [-0.25, -0.2) is 4.98 Å². The Kier molecular flexibility index (Phi) is 7.98. The molecule has 2 N–H and O–H groups in total. The molecule has 2 rings (SSSR count). The molecule has 0 spiro atoms. The van der Waals surface area contributed by atoms with Crippen LogP contribution in [0.2, 0.25) is 0 Å². The lowest BCUT2D eigenvalue weighted by Gasteiger charge is -2.33. The van der Waals surface area contributed by atoms with Crippen LogP contribution in [0.15, 0.2) is 23.3 Å². The summed E-state index contributed by atoms with van der Waals surface area (Å²) in [5.41, 5.74) is 1.17. The van der Waals surface area contributed by atoms with Gasteiger partial charge in [0.15, 0.2) is 5.96 Å². The van der Waals surface area contributed by atoms with Crippen molar-refractivity contribution >= 4 is 11.8 Å². The van der Waals surface area contributed by atoms with Gasteiger partial charge in [0.05, 0.1) is 0 Å².